The lowest BCUT2D eigenvalue weighted by Crippen LogP contribution is -1.84. The molecule has 0 saturated carbocycles. The predicted octanol–water partition coefficient (Wildman–Crippen LogP) is 2.53. The molecule has 1 radical (unpaired) electrons. The molecule has 0 spiro atoms. The van der Waals surface area contributed by atoms with E-state index in [0.29, 0.717) is 0 Å². The van der Waals surface area contributed by atoms with Gasteiger partial charge in [-0.3, -0.25) is 0 Å². The molecule has 0 unspecified atom stereocenters. The Labute approximate surface area is 57.7 Å². The zero-order valence-electron chi connectivity index (χ0n) is 6.31. The lowest BCUT2D eigenvalue weighted by Gasteiger charge is -1.94. The second-order valence-corrected chi connectivity index (χ2v) is 1.93. The number of hydrogen-bond donors (Lipinski definition) is 0. The van der Waals surface area contributed by atoms with Gasteiger partial charge < -0.3 is 4.74 Å². The first kappa shape index (κ1) is 8.54. The van der Waals surface area contributed by atoms with Crippen molar-refractivity contribution in [2.24, 2.45) is 0 Å². The van der Waals surface area contributed by atoms with E-state index in [0.717, 1.165) is 19.4 Å². The van der Waals surface area contributed by atoms with E-state index in [1.807, 2.05) is 6.08 Å². The Kier molecular flexibility index (Phi) is 7.15. The highest BCUT2D eigenvalue weighted by molar-refractivity contribution is 4.62. The Balaban J connectivity index is 2.82. The van der Waals surface area contributed by atoms with E-state index in [2.05, 4.69) is 20.1 Å². The van der Waals surface area contributed by atoms with E-state index in [4.69, 9.17) is 4.74 Å². The molecule has 0 aliphatic rings. The molecule has 0 aliphatic heterocycles. The van der Waals surface area contributed by atoms with E-state index in [-0.39, 0.29) is 0 Å². The van der Waals surface area contributed by atoms with Crippen molar-refractivity contribution < 1.29 is 4.74 Å². The van der Waals surface area contributed by atoms with Crippen LogP contribution in [0.2, 0.25) is 0 Å². The van der Waals surface area contributed by atoms with Gasteiger partial charge in [0.25, 0.3) is 0 Å². The molecule has 1 nitrogen and oxygen atoms in total. The van der Waals surface area contributed by atoms with Crippen LogP contribution < -0.4 is 0 Å². The average molecular weight is 127 g/mol. The highest BCUT2D eigenvalue weighted by Gasteiger charge is 1.79. The van der Waals surface area contributed by atoms with Gasteiger partial charge >= 0.3 is 0 Å². The van der Waals surface area contributed by atoms with Gasteiger partial charge in [0.1, 0.15) is 0 Å². The van der Waals surface area contributed by atoms with Crippen molar-refractivity contribution in [3.05, 3.63) is 12.3 Å². The largest absolute Gasteiger partial charge is 0.490 e. The molecule has 0 rings (SSSR count). The summed E-state index contributed by atoms with van der Waals surface area (Å²) in [7, 11) is 0. The Morgan fingerprint density at radius 3 is 2.78 bits per heavy atom. The molecular weight excluding hydrogens is 112 g/mol. The van der Waals surface area contributed by atoms with E-state index in [1.165, 1.54) is 6.42 Å². The van der Waals surface area contributed by atoms with Gasteiger partial charge in [-0.2, -0.15) is 0 Å². The summed E-state index contributed by atoms with van der Waals surface area (Å²) in [6.07, 6.45) is 7.97. The van der Waals surface area contributed by atoms with Crippen molar-refractivity contribution in [3.63, 3.8) is 0 Å². The predicted molar refractivity (Wildman–Crippen MR) is 39.0 cm³/mol. The van der Waals surface area contributed by atoms with Crippen LogP contribution in [0.4, 0.5) is 0 Å². The molecule has 0 saturated heterocycles. The Bertz CT molecular complexity index is 67.0. The topological polar surface area (TPSA) is 9.23 Å². The van der Waals surface area contributed by atoms with Gasteiger partial charge in [0, 0.05) is 0 Å². The number of unbranched alkanes of at least 4 members (excludes halogenated alkanes) is 1. The Morgan fingerprint density at radius 1 is 1.44 bits per heavy atom. The van der Waals surface area contributed by atoms with E-state index >= 15 is 0 Å². The highest BCUT2D eigenvalue weighted by atomic mass is 16.5. The smallest absolute Gasteiger partial charge is 0.156 e. The molecule has 0 bridgehead atoms. The van der Waals surface area contributed by atoms with Crippen molar-refractivity contribution in [3.8, 4) is 0 Å². The molecule has 0 heterocycles. The third-order valence-electron chi connectivity index (χ3n) is 0.971. The minimum absolute atomic E-state index is 0.812. The minimum atomic E-state index is 0.812. The van der Waals surface area contributed by atoms with Crippen LogP contribution in [0.25, 0.3) is 0 Å². The minimum Gasteiger partial charge on any atom is -0.490 e. The van der Waals surface area contributed by atoms with E-state index in [9.17, 15) is 0 Å². The van der Waals surface area contributed by atoms with Crippen LogP contribution in [-0.2, 0) is 4.74 Å². The summed E-state index contributed by atoms with van der Waals surface area (Å²) in [5, 5.41) is 0. The van der Waals surface area contributed by atoms with Crippen LogP contribution in [0, 0.1) is 6.26 Å². The van der Waals surface area contributed by atoms with Gasteiger partial charge in [-0.05, 0) is 18.9 Å². The van der Waals surface area contributed by atoms with Crippen LogP contribution in [-0.4, -0.2) is 6.61 Å². The number of allylic oxidation sites excluding steroid dienone is 1. The third kappa shape index (κ3) is 7.54. The highest BCUT2D eigenvalue weighted by Crippen LogP contribution is 1.88. The van der Waals surface area contributed by atoms with Gasteiger partial charge in [-0.1, -0.05) is 20.3 Å². The Morgan fingerprint density at radius 2 is 2.22 bits per heavy atom. The van der Waals surface area contributed by atoms with Crippen LogP contribution in [0.3, 0.4) is 0 Å². The van der Waals surface area contributed by atoms with Gasteiger partial charge in [-0.25, -0.2) is 0 Å². The van der Waals surface area contributed by atoms with E-state index in [1.54, 1.807) is 0 Å². The zero-order valence-corrected chi connectivity index (χ0v) is 6.31. The van der Waals surface area contributed by atoms with Crippen LogP contribution in [0.5, 0.6) is 0 Å². The second-order valence-electron chi connectivity index (χ2n) is 1.93. The molecule has 0 aromatic rings. The van der Waals surface area contributed by atoms with Crippen molar-refractivity contribution in [1.29, 1.82) is 0 Å². The maximum atomic E-state index is 5.01. The lowest BCUT2D eigenvalue weighted by molar-refractivity contribution is 0.222. The standard InChI is InChI=1S/C8H15O/c1-3-5-7-9-8-6-4-2/h5H,3-4,6,8H2,1-2H3. The van der Waals surface area contributed by atoms with Crippen molar-refractivity contribution in [1.82, 2.24) is 0 Å². The molecule has 9 heavy (non-hydrogen) atoms. The van der Waals surface area contributed by atoms with Crippen molar-refractivity contribution in [2.45, 2.75) is 33.1 Å². The summed E-state index contributed by atoms with van der Waals surface area (Å²) in [5.41, 5.74) is 0. The first-order valence-corrected chi connectivity index (χ1v) is 3.60. The maximum Gasteiger partial charge on any atom is 0.156 e. The fourth-order valence-electron chi connectivity index (χ4n) is 0.418. The third-order valence-corrected chi connectivity index (χ3v) is 0.971. The molecule has 0 aromatic heterocycles. The summed E-state index contributed by atoms with van der Waals surface area (Å²) in [5.74, 6) is 0. The van der Waals surface area contributed by atoms with Gasteiger partial charge in [0.2, 0.25) is 0 Å². The first-order chi connectivity index (χ1) is 4.41. The average Bonchev–Trinajstić information content (AvgIpc) is 1.89. The van der Waals surface area contributed by atoms with Crippen LogP contribution in [0.1, 0.15) is 33.1 Å². The number of ether oxygens (including phenoxy) is 1. The summed E-state index contributed by atoms with van der Waals surface area (Å²) in [6, 6.07) is 0. The molecule has 0 aliphatic carbocycles. The van der Waals surface area contributed by atoms with Gasteiger partial charge in [-0.15, -0.1) is 0 Å². The monoisotopic (exact) mass is 127 g/mol. The maximum absolute atomic E-state index is 5.01. The molecule has 1 heteroatoms. The fraction of sp³-hybridized carbons (Fsp3) is 0.750. The van der Waals surface area contributed by atoms with E-state index < -0.39 is 0 Å². The molecule has 0 fully saturated rings. The normalized spacial score (nSPS) is 10.4. The molecule has 0 aromatic carbocycles. The number of hydrogen-bond acceptors (Lipinski definition) is 1. The second kappa shape index (κ2) is 7.54. The fourth-order valence-corrected chi connectivity index (χ4v) is 0.418. The summed E-state index contributed by atoms with van der Waals surface area (Å²) in [6.45, 7) is 5.02. The summed E-state index contributed by atoms with van der Waals surface area (Å²) >= 11 is 0. The van der Waals surface area contributed by atoms with Crippen molar-refractivity contribution in [2.75, 3.05) is 6.61 Å². The van der Waals surface area contributed by atoms with Gasteiger partial charge in [0.15, 0.2) is 6.26 Å². The lowest BCUT2D eigenvalue weighted by atomic mass is 10.4. The van der Waals surface area contributed by atoms with Crippen LogP contribution in [0.15, 0.2) is 6.08 Å². The quantitative estimate of drug-likeness (QED) is 0.407. The molecular formula is C8H15O. The van der Waals surface area contributed by atoms with Crippen molar-refractivity contribution >= 4 is 0 Å². The SMILES string of the molecule is CC/C=[C]\OCCCC. The molecule has 0 atom stereocenters. The molecule has 53 valence electrons. The first-order valence-electron chi connectivity index (χ1n) is 3.60. The molecule has 0 N–H and O–H groups in total. The summed E-state index contributed by atoms with van der Waals surface area (Å²) < 4.78 is 5.01. The van der Waals surface area contributed by atoms with Gasteiger partial charge in [0.05, 0.1) is 6.61 Å². The number of rotatable bonds is 5. The molecule has 0 amide bonds. The Hall–Kier alpha value is -0.460. The summed E-state index contributed by atoms with van der Waals surface area (Å²) in [4.78, 5) is 0. The zero-order chi connectivity index (χ0) is 6.95. The van der Waals surface area contributed by atoms with Crippen LogP contribution >= 0.6 is 0 Å².